The maximum absolute atomic E-state index is 12.1. The summed E-state index contributed by atoms with van der Waals surface area (Å²) in [4.78, 5) is 23.6. The van der Waals surface area contributed by atoms with E-state index < -0.39 is 24.5 Å². The van der Waals surface area contributed by atoms with E-state index in [-0.39, 0.29) is 11.4 Å². The van der Waals surface area contributed by atoms with E-state index in [0.29, 0.717) is 21.8 Å². The molecule has 2 rings (SSSR count). The Hall–Kier alpha value is -2.25. The van der Waals surface area contributed by atoms with E-state index in [4.69, 9.17) is 23.2 Å². The average Bonchev–Trinajstić information content (AvgIpc) is 2.56. The number of hydrogen-bond donors (Lipinski definition) is 2. The van der Waals surface area contributed by atoms with E-state index in [1.54, 1.807) is 17.4 Å². The third kappa shape index (κ3) is 6.24. The first-order valence-corrected chi connectivity index (χ1v) is 8.08. The van der Waals surface area contributed by atoms with Crippen molar-refractivity contribution in [3.05, 3.63) is 63.6 Å². The van der Waals surface area contributed by atoms with E-state index >= 15 is 0 Å². The number of amides is 2. The van der Waals surface area contributed by atoms with Gasteiger partial charge in [0.05, 0.1) is 16.5 Å². The fourth-order valence-corrected chi connectivity index (χ4v) is 2.29. The van der Waals surface area contributed by atoms with E-state index in [0.717, 1.165) is 0 Å². The van der Waals surface area contributed by atoms with Crippen molar-refractivity contribution >= 4 is 40.7 Å². The van der Waals surface area contributed by atoms with Crippen molar-refractivity contribution in [3.8, 4) is 0 Å². The molecule has 0 spiro atoms. The summed E-state index contributed by atoms with van der Waals surface area (Å²) < 4.78 is 36.1. The van der Waals surface area contributed by atoms with Gasteiger partial charge in [0, 0.05) is 11.3 Å². The molecule has 2 N–H and O–H groups in total. The summed E-state index contributed by atoms with van der Waals surface area (Å²) in [6, 6.07) is 10.6. The molecule has 0 bridgehead atoms. The molecule has 0 aliphatic heterocycles. The molecule has 9 heteroatoms. The number of benzene rings is 2. The number of hydrogen-bond acceptors (Lipinski definition) is 2. The highest BCUT2D eigenvalue weighted by Crippen LogP contribution is 2.23. The average molecular weight is 405 g/mol. The van der Waals surface area contributed by atoms with Crippen LogP contribution in [0.5, 0.6) is 0 Å². The van der Waals surface area contributed by atoms with Crippen LogP contribution in [0.1, 0.15) is 15.9 Å². The summed E-state index contributed by atoms with van der Waals surface area (Å²) in [7, 11) is 0. The summed E-state index contributed by atoms with van der Waals surface area (Å²) in [5, 5.41) is 5.01. The quantitative estimate of drug-likeness (QED) is 0.772. The standard InChI is InChI=1S/C17H13Cl2F3N2O2/c18-13-6-3-11(8-14(13)19)16(26)24-12-4-1-10(2-5-12)7-15(25)23-9-17(20,21)22/h1-6,8H,7,9H2,(H,23,25)(H,24,26). The summed E-state index contributed by atoms with van der Waals surface area (Å²) >= 11 is 11.7. The Morgan fingerprint density at radius 2 is 1.62 bits per heavy atom. The van der Waals surface area contributed by atoms with Gasteiger partial charge in [-0.05, 0) is 35.9 Å². The smallest absolute Gasteiger partial charge is 0.347 e. The van der Waals surface area contributed by atoms with Crippen LogP contribution in [0, 0.1) is 0 Å². The van der Waals surface area contributed by atoms with Crippen molar-refractivity contribution in [1.29, 1.82) is 0 Å². The fourth-order valence-electron chi connectivity index (χ4n) is 1.99. The molecule has 0 unspecified atom stereocenters. The van der Waals surface area contributed by atoms with Gasteiger partial charge in [-0.3, -0.25) is 9.59 Å². The van der Waals surface area contributed by atoms with Crippen molar-refractivity contribution in [3.63, 3.8) is 0 Å². The van der Waals surface area contributed by atoms with Gasteiger partial charge >= 0.3 is 6.18 Å². The number of nitrogens with one attached hydrogen (secondary N) is 2. The van der Waals surface area contributed by atoms with Gasteiger partial charge in [0.15, 0.2) is 0 Å². The van der Waals surface area contributed by atoms with Gasteiger partial charge in [0.25, 0.3) is 5.91 Å². The lowest BCUT2D eigenvalue weighted by Crippen LogP contribution is -2.34. The van der Waals surface area contributed by atoms with Crippen LogP contribution in [-0.2, 0) is 11.2 Å². The van der Waals surface area contributed by atoms with Crippen molar-refractivity contribution in [2.75, 3.05) is 11.9 Å². The Morgan fingerprint density at radius 1 is 0.962 bits per heavy atom. The SMILES string of the molecule is O=C(Cc1ccc(NC(=O)c2ccc(Cl)c(Cl)c2)cc1)NCC(F)(F)F. The van der Waals surface area contributed by atoms with Crippen LogP contribution < -0.4 is 10.6 Å². The van der Waals surface area contributed by atoms with Gasteiger partial charge in [-0.2, -0.15) is 13.2 Å². The number of halogens is 5. The minimum absolute atomic E-state index is 0.197. The summed E-state index contributed by atoms with van der Waals surface area (Å²) in [6.07, 6.45) is -4.65. The molecule has 0 aromatic heterocycles. The van der Waals surface area contributed by atoms with Crippen molar-refractivity contribution in [2.45, 2.75) is 12.6 Å². The first-order chi connectivity index (χ1) is 12.1. The van der Waals surface area contributed by atoms with Crippen molar-refractivity contribution < 1.29 is 22.8 Å². The zero-order chi connectivity index (χ0) is 19.3. The van der Waals surface area contributed by atoms with Gasteiger partial charge < -0.3 is 10.6 Å². The molecule has 0 aliphatic rings. The second-order valence-electron chi connectivity index (χ2n) is 5.35. The topological polar surface area (TPSA) is 58.2 Å². The van der Waals surface area contributed by atoms with Gasteiger partial charge in [0.2, 0.25) is 5.91 Å². The molecule has 0 fully saturated rings. The number of carbonyl (C=O) groups excluding carboxylic acids is 2. The van der Waals surface area contributed by atoms with E-state index in [1.165, 1.54) is 30.3 Å². The Kier molecular flexibility index (Phi) is 6.50. The first-order valence-electron chi connectivity index (χ1n) is 7.33. The van der Waals surface area contributed by atoms with Crippen LogP contribution in [0.2, 0.25) is 10.0 Å². The summed E-state index contributed by atoms with van der Waals surface area (Å²) in [6.45, 7) is -1.37. The molecular weight excluding hydrogens is 392 g/mol. The Balaban J connectivity index is 1.93. The highest BCUT2D eigenvalue weighted by molar-refractivity contribution is 6.42. The lowest BCUT2D eigenvalue weighted by molar-refractivity contribution is -0.138. The van der Waals surface area contributed by atoms with Gasteiger partial charge in [-0.15, -0.1) is 0 Å². The molecular formula is C17H13Cl2F3N2O2. The first kappa shape index (κ1) is 20.1. The highest BCUT2D eigenvalue weighted by atomic mass is 35.5. The van der Waals surface area contributed by atoms with Gasteiger partial charge in [-0.25, -0.2) is 0 Å². The molecule has 0 radical (unpaired) electrons. The number of carbonyl (C=O) groups is 2. The zero-order valence-electron chi connectivity index (χ0n) is 13.2. The summed E-state index contributed by atoms with van der Waals surface area (Å²) in [5.74, 6) is -1.14. The zero-order valence-corrected chi connectivity index (χ0v) is 14.7. The molecule has 0 saturated heterocycles. The van der Waals surface area contributed by atoms with Crippen molar-refractivity contribution in [2.24, 2.45) is 0 Å². The molecule has 26 heavy (non-hydrogen) atoms. The Morgan fingerprint density at radius 3 is 2.19 bits per heavy atom. The summed E-state index contributed by atoms with van der Waals surface area (Å²) in [5.41, 5.74) is 1.28. The minimum Gasteiger partial charge on any atom is -0.347 e. The lowest BCUT2D eigenvalue weighted by Gasteiger charge is -2.09. The minimum atomic E-state index is -4.45. The van der Waals surface area contributed by atoms with Crippen molar-refractivity contribution in [1.82, 2.24) is 5.32 Å². The molecule has 2 aromatic rings. The van der Waals surface area contributed by atoms with Gasteiger partial charge in [0.1, 0.15) is 6.54 Å². The monoisotopic (exact) mass is 404 g/mol. The number of anilines is 1. The van der Waals surface area contributed by atoms with Gasteiger partial charge in [-0.1, -0.05) is 35.3 Å². The molecule has 0 aliphatic carbocycles. The third-order valence-corrected chi connectivity index (χ3v) is 3.98. The predicted octanol–water partition coefficient (Wildman–Crippen LogP) is 4.47. The molecule has 0 heterocycles. The number of alkyl halides is 3. The van der Waals surface area contributed by atoms with E-state index in [1.807, 2.05) is 0 Å². The van der Waals surface area contributed by atoms with E-state index in [2.05, 4.69) is 5.32 Å². The Labute approximate surface area is 157 Å². The second-order valence-corrected chi connectivity index (χ2v) is 6.16. The molecule has 2 amide bonds. The van der Waals surface area contributed by atoms with Crippen LogP contribution in [0.25, 0.3) is 0 Å². The lowest BCUT2D eigenvalue weighted by atomic mass is 10.1. The largest absolute Gasteiger partial charge is 0.405 e. The molecule has 0 saturated carbocycles. The maximum atomic E-state index is 12.1. The Bertz CT molecular complexity index is 809. The van der Waals surface area contributed by atoms with Crippen LogP contribution in [0.4, 0.5) is 18.9 Å². The molecule has 4 nitrogen and oxygen atoms in total. The van der Waals surface area contributed by atoms with Crippen LogP contribution in [0.15, 0.2) is 42.5 Å². The van der Waals surface area contributed by atoms with Crippen LogP contribution >= 0.6 is 23.2 Å². The molecule has 138 valence electrons. The van der Waals surface area contributed by atoms with Crippen LogP contribution in [-0.4, -0.2) is 24.5 Å². The molecule has 0 atom stereocenters. The highest BCUT2D eigenvalue weighted by Gasteiger charge is 2.27. The van der Waals surface area contributed by atoms with Crippen LogP contribution in [0.3, 0.4) is 0 Å². The third-order valence-electron chi connectivity index (χ3n) is 3.24. The maximum Gasteiger partial charge on any atom is 0.405 e. The molecule has 2 aromatic carbocycles. The predicted molar refractivity (Wildman–Crippen MR) is 93.6 cm³/mol. The fraction of sp³-hybridized carbons (Fsp3) is 0.176. The number of rotatable bonds is 5. The van der Waals surface area contributed by atoms with E-state index in [9.17, 15) is 22.8 Å². The normalized spacial score (nSPS) is 11.1. The second kappa shape index (κ2) is 8.42.